The zero-order chi connectivity index (χ0) is 24.6. The molecule has 1 aliphatic heterocycles. The highest BCUT2D eigenvalue weighted by Gasteiger charge is 2.35. The second-order valence-electron chi connectivity index (χ2n) is 8.29. The summed E-state index contributed by atoms with van der Waals surface area (Å²) in [5, 5.41) is 6.34. The van der Waals surface area contributed by atoms with Crippen LogP contribution in [0.3, 0.4) is 0 Å². The Balaban J connectivity index is 1.23. The topological polar surface area (TPSA) is 87.7 Å². The van der Waals surface area contributed by atoms with Crippen molar-refractivity contribution in [3.63, 3.8) is 0 Å². The maximum absolute atomic E-state index is 12.6. The van der Waals surface area contributed by atoms with Crippen LogP contribution in [0.2, 0.25) is 5.02 Å². The number of carbonyl (C=O) groups is 3. The molecule has 3 amide bonds. The fourth-order valence-corrected chi connectivity index (χ4v) is 3.91. The number of anilines is 1. The number of amides is 3. The molecule has 0 saturated carbocycles. The minimum atomic E-state index is -0.418. The molecule has 35 heavy (non-hydrogen) atoms. The number of hydrogen-bond acceptors (Lipinski definition) is 4. The lowest BCUT2D eigenvalue weighted by atomic mass is 10.1. The average Bonchev–Trinajstić information content (AvgIpc) is 3.28. The second-order valence-corrected chi connectivity index (χ2v) is 8.73. The maximum atomic E-state index is 12.6. The molecule has 0 aliphatic carbocycles. The number of hydrogen-bond donors (Lipinski definition) is 2. The summed E-state index contributed by atoms with van der Waals surface area (Å²) in [5.41, 5.74) is 2.63. The Morgan fingerprint density at radius 2 is 1.54 bits per heavy atom. The number of benzene rings is 3. The first-order valence-corrected chi connectivity index (χ1v) is 11.7. The molecule has 0 aromatic heterocycles. The standard InChI is InChI=1S/C27H26ClN3O4/c28-22-8-6-20(7-9-22)16-30-27(34)21-14-26(33)31(17-21)23-10-12-24(13-11-23)35-18-25(32)29-15-19-4-2-1-3-5-19/h1-13,21H,14-18H2,(H,29,32)(H,30,34)/t21-/m1/s1. The lowest BCUT2D eigenvalue weighted by molar-refractivity contribution is -0.126. The molecule has 2 N–H and O–H groups in total. The minimum absolute atomic E-state index is 0.106. The van der Waals surface area contributed by atoms with E-state index in [1.54, 1.807) is 41.3 Å². The van der Waals surface area contributed by atoms with Gasteiger partial charge in [0.25, 0.3) is 5.91 Å². The Morgan fingerprint density at radius 3 is 2.26 bits per heavy atom. The van der Waals surface area contributed by atoms with E-state index in [1.807, 2.05) is 42.5 Å². The van der Waals surface area contributed by atoms with Crippen molar-refractivity contribution in [2.75, 3.05) is 18.1 Å². The zero-order valence-corrected chi connectivity index (χ0v) is 19.8. The molecule has 3 aromatic carbocycles. The van der Waals surface area contributed by atoms with Gasteiger partial charge in [0.1, 0.15) is 5.75 Å². The highest BCUT2D eigenvalue weighted by atomic mass is 35.5. The molecule has 1 saturated heterocycles. The summed E-state index contributed by atoms with van der Waals surface area (Å²) in [5.74, 6) is -0.380. The summed E-state index contributed by atoms with van der Waals surface area (Å²) in [6.45, 7) is 1.03. The van der Waals surface area contributed by atoms with E-state index in [1.165, 1.54) is 0 Å². The van der Waals surface area contributed by atoms with Crippen LogP contribution < -0.4 is 20.3 Å². The number of nitrogens with one attached hydrogen (secondary N) is 2. The molecule has 1 aliphatic rings. The summed E-state index contributed by atoms with van der Waals surface area (Å²) in [7, 11) is 0. The predicted molar refractivity (Wildman–Crippen MR) is 134 cm³/mol. The summed E-state index contributed by atoms with van der Waals surface area (Å²) in [6, 6.07) is 23.8. The van der Waals surface area contributed by atoms with Gasteiger partial charge in [0.2, 0.25) is 11.8 Å². The van der Waals surface area contributed by atoms with E-state index in [2.05, 4.69) is 10.6 Å². The first-order chi connectivity index (χ1) is 17.0. The third-order valence-corrected chi connectivity index (χ3v) is 5.98. The molecular formula is C27H26ClN3O4. The van der Waals surface area contributed by atoms with E-state index < -0.39 is 5.92 Å². The molecule has 1 heterocycles. The van der Waals surface area contributed by atoms with Gasteiger partial charge in [-0.1, -0.05) is 54.1 Å². The van der Waals surface area contributed by atoms with Crippen molar-refractivity contribution in [3.05, 3.63) is 95.0 Å². The summed E-state index contributed by atoms with van der Waals surface area (Å²) < 4.78 is 5.55. The number of carbonyl (C=O) groups excluding carboxylic acids is 3. The minimum Gasteiger partial charge on any atom is -0.484 e. The highest BCUT2D eigenvalue weighted by molar-refractivity contribution is 6.30. The summed E-state index contributed by atoms with van der Waals surface area (Å²) in [4.78, 5) is 38.8. The number of halogens is 1. The van der Waals surface area contributed by atoms with Gasteiger partial charge in [-0.2, -0.15) is 0 Å². The van der Waals surface area contributed by atoms with Crippen molar-refractivity contribution >= 4 is 35.0 Å². The number of nitrogens with zero attached hydrogens (tertiary/aromatic N) is 1. The molecule has 3 aromatic rings. The maximum Gasteiger partial charge on any atom is 0.258 e. The normalized spacial score (nSPS) is 15.1. The molecule has 1 fully saturated rings. The quantitative estimate of drug-likeness (QED) is 0.477. The van der Waals surface area contributed by atoms with Crippen LogP contribution in [0, 0.1) is 5.92 Å². The molecule has 7 nitrogen and oxygen atoms in total. The van der Waals surface area contributed by atoms with Crippen molar-refractivity contribution in [3.8, 4) is 5.75 Å². The third-order valence-electron chi connectivity index (χ3n) is 5.73. The van der Waals surface area contributed by atoms with Crippen LogP contribution in [0.1, 0.15) is 17.5 Å². The van der Waals surface area contributed by atoms with Gasteiger partial charge in [-0.05, 0) is 47.5 Å². The van der Waals surface area contributed by atoms with Crippen molar-refractivity contribution in [2.45, 2.75) is 19.5 Å². The molecular weight excluding hydrogens is 466 g/mol. The predicted octanol–water partition coefficient (Wildman–Crippen LogP) is 3.70. The molecule has 180 valence electrons. The Labute approximate surface area is 209 Å². The summed E-state index contributed by atoms with van der Waals surface area (Å²) >= 11 is 5.89. The summed E-state index contributed by atoms with van der Waals surface area (Å²) in [6.07, 6.45) is 0.159. The molecule has 4 rings (SSSR count). The third kappa shape index (κ3) is 6.83. The van der Waals surface area contributed by atoms with Gasteiger partial charge >= 0.3 is 0 Å². The fourth-order valence-electron chi connectivity index (χ4n) is 3.79. The van der Waals surface area contributed by atoms with Gasteiger partial charge in [-0.15, -0.1) is 0 Å². The van der Waals surface area contributed by atoms with E-state index >= 15 is 0 Å². The van der Waals surface area contributed by atoms with Crippen LogP contribution in [0.5, 0.6) is 5.75 Å². The Hall–Kier alpha value is -3.84. The number of rotatable bonds is 9. The van der Waals surface area contributed by atoms with Crippen LogP contribution in [-0.4, -0.2) is 30.9 Å². The fraction of sp³-hybridized carbons (Fsp3) is 0.222. The molecule has 0 unspecified atom stereocenters. The van der Waals surface area contributed by atoms with Crippen molar-refractivity contribution in [1.82, 2.24) is 10.6 Å². The SMILES string of the molecule is O=C(COc1ccc(N2C[C@H](C(=O)NCc3ccc(Cl)cc3)CC2=O)cc1)NCc1ccccc1. The van der Waals surface area contributed by atoms with Gasteiger partial charge in [-0.25, -0.2) is 0 Å². The smallest absolute Gasteiger partial charge is 0.258 e. The van der Waals surface area contributed by atoms with Gasteiger partial charge in [-0.3, -0.25) is 14.4 Å². The van der Waals surface area contributed by atoms with E-state index in [0.717, 1.165) is 11.1 Å². The van der Waals surface area contributed by atoms with Gasteiger partial charge in [0, 0.05) is 36.8 Å². The molecule has 8 heteroatoms. The molecule has 1 atom stereocenters. The second kappa shape index (κ2) is 11.5. The van der Waals surface area contributed by atoms with Crippen LogP contribution in [-0.2, 0) is 27.5 Å². The van der Waals surface area contributed by atoms with Crippen LogP contribution in [0.15, 0.2) is 78.9 Å². The lowest BCUT2D eigenvalue weighted by Gasteiger charge is -2.17. The highest BCUT2D eigenvalue weighted by Crippen LogP contribution is 2.27. The largest absolute Gasteiger partial charge is 0.484 e. The van der Waals surface area contributed by atoms with Gasteiger partial charge in [0.15, 0.2) is 6.61 Å². The van der Waals surface area contributed by atoms with Crippen molar-refractivity contribution in [2.24, 2.45) is 5.92 Å². The van der Waals surface area contributed by atoms with E-state index in [4.69, 9.17) is 16.3 Å². The zero-order valence-electron chi connectivity index (χ0n) is 19.1. The number of ether oxygens (including phenoxy) is 1. The van der Waals surface area contributed by atoms with Gasteiger partial charge in [0.05, 0.1) is 5.92 Å². The Morgan fingerprint density at radius 1 is 0.886 bits per heavy atom. The first kappa shape index (κ1) is 24.3. The van der Waals surface area contributed by atoms with Crippen LogP contribution in [0.4, 0.5) is 5.69 Å². The molecule has 0 radical (unpaired) electrons. The Bertz CT molecular complexity index is 1170. The lowest BCUT2D eigenvalue weighted by Crippen LogP contribution is -2.32. The average molecular weight is 492 g/mol. The molecule has 0 bridgehead atoms. The Kier molecular flexibility index (Phi) is 8.00. The van der Waals surface area contributed by atoms with Gasteiger partial charge < -0.3 is 20.3 Å². The van der Waals surface area contributed by atoms with E-state index in [-0.39, 0.29) is 30.7 Å². The molecule has 0 spiro atoms. The van der Waals surface area contributed by atoms with Crippen LogP contribution >= 0.6 is 11.6 Å². The van der Waals surface area contributed by atoms with Crippen LogP contribution in [0.25, 0.3) is 0 Å². The van der Waals surface area contributed by atoms with E-state index in [0.29, 0.717) is 36.1 Å². The van der Waals surface area contributed by atoms with E-state index in [9.17, 15) is 14.4 Å². The first-order valence-electron chi connectivity index (χ1n) is 11.3. The van der Waals surface area contributed by atoms with Crippen molar-refractivity contribution < 1.29 is 19.1 Å². The monoisotopic (exact) mass is 491 g/mol. The van der Waals surface area contributed by atoms with Crippen molar-refractivity contribution in [1.29, 1.82) is 0 Å².